The highest BCUT2D eigenvalue weighted by Gasteiger charge is 2.54. The van der Waals surface area contributed by atoms with Gasteiger partial charge in [-0.1, -0.05) is 0 Å². The number of ether oxygens (including phenoxy) is 2. The summed E-state index contributed by atoms with van der Waals surface area (Å²) in [5.41, 5.74) is 11.6. The first-order valence-electron chi connectivity index (χ1n) is 5.84. The van der Waals surface area contributed by atoms with Crippen LogP contribution in [0.3, 0.4) is 0 Å². The smallest absolute Gasteiger partial charge is 0.267 e. The minimum atomic E-state index is -0.992. The Balaban J connectivity index is 1.98. The maximum atomic E-state index is 9.98. The first-order valence-corrected chi connectivity index (χ1v) is 6.25. The molecule has 9 nitrogen and oxygen atoms in total. The topological polar surface area (TPSA) is 140 Å². The first-order chi connectivity index (χ1) is 9.54. The molecule has 20 heavy (non-hydrogen) atoms. The lowest BCUT2D eigenvalue weighted by Gasteiger charge is -2.22. The van der Waals surface area contributed by atoms with E-state index in [1.807, 2.05) is 0 Å². The number of fused-ring (bicyclic) bond motifs is 1. The van der Waals surface area contributed by atoms with Gasteiger partial charge in [0, 0.05) is 0 Å². The zero-order chi connectivity index (χ0) is 14.4. The lowest BCUT2D eigenvalue weighted by atomic mass is 10.1. The Kier molecular flexibility index (Phi) is 3.09. The lowest BCUT2D eigenvalue weighted by Crippen LogP contribution is -2.37. The van der Waals surface area contributed by atoms with Crippen LogP contribution in [0.5, 0.6) is 0 Å². The van der Waals surface area contributed by atoms with Gasteiger partial charge in [-0.15, -0.1) is 0 Å². The van der Waals surface area contributed by atoms with Crippen molar-refractivity contribution in [2.75, 3.05) is 23.0 Å². The highest BCUT2D eigenvalue weighted by molar-refractivity contribution is 7.80. The van der Waals surface area contributed by atoms with Crippen molar-refractivity contribution in [3.63, 3.8) is 0 Å². The number of thiocarbonyl (C=S) groups is 1. The molecular weight excluding hydrogens is 286 g/mol. The molecule has 108 valence electrons. The molecule has 0 aromatic carbocycles. The number of rotatable bonds is 2. The number of anilines is 3. The van der Waals surface area contributed by atoms with E-state index >= 15 is 0 Å². The van der Waals surface area contributed by atoms with Crippen LogP contribution >= 0.6 is 12.2 Å². The zero-order valence-electron chi connectivity index (χ0n) is 10.2. The van der Waals surface area contributed by atoms with Crippen LogP contribution in [0.4, 0.5) is 17.3 Å². The predicted octanol–water partition coefficient (Wildman–Crippen LogP) is -1.79. The molecule has 0 unspecified atom stereocenters. The maximum Gasteiger partial charge on any atom is 0.267 e. The molecular formula is C10H13N5O4S. The Morgan fingerprint density at radius 2 is 2.15 bits per heavy atom. The van der Waals surface area contributed by atoms with Crippen molar-refractivity contribution in [3.8, 4) is 0 Å². The van der Waals surface area contributed by atoms with Gasteiger partial charge in [-0.25, -0.2) is 9.97 Å². The number of aliphatic hydroxyl groups excluding tert-OH is 2. The molecule has 4 atom stereocenters. The highest BCUT2D eigenvalue weighted by Crippen LogP contribution is 2.37. The van der Waals surface area contributed by atoms with Gasteiger partial charge >= 0.3 is 0 Å². The number of hydrogen-bond acceptors (Lipinski definition) is 9. The summed E-state index contributed by atoms with van der Waals surface area (Å²) < 4.78 is 10.9. The van der Waals surface area contributed by atoms with Gasteiger partial charge in [-0.2, -0.15) is 0 Å². The van der Waals surface area contributed by atoms with Crippen molar-refractivity contribution >= 4 is 34.7 Å². The maximum absolute atomic E-state index is 9.98. The quantitative estimate of drug-likeness (QED) is 0.463. The summed E-state index contributed by atoms with van der Waals surface area (Å²) in [5.74, 6) is 0.360. The predicted molar refractivity (Wildman–Crippen MR) is 72.6 cm³/mol. The van der Waals surface area contributed by atoms with Crippen LogP contribution in [0.1, 0.15) is 0 Å². The third-order valence-electron chi connectivity index (χ3n) is 3.30. The van der Waals surface area contributed by atoms with Crippen LogP contribution in [-0.4, -0.2) is 56.5 Å². The summed E-state index contributed by atoms with van der Waals surface area (Å²) in [6, 6.07) is 0. The van der Waals surface area contributed by atoms with Gasteiger partial charge in [-0.3, -0.25) is 4.90 Å². The van der Waals surface area contributed by atoms with E-state index in [9.17, 15) is 5.11 Å². The molecule has 0 aliphatic carbocycles. The van der Waals surface area contributed by atoms with E-state index in [0.29, 0.717) is 0 Å². The third kappa shape index (κ3) is 1.77. The Bertz CT molecular complexity index is 558. The van der Waals surface area contributed by atoms with E-state index in [2.05, 4.69) is 9.97 Å². The molecule has 0 radical (unpaired) electrons. The molecule has 3 rings (SSSR count). The fraction of sp³-hybridized carbons (Fsp3) is 0.500. The van der Waals surface area contributed by atoms with Crippen LogP contribution in [0.2, 0.25) is 0 Å². The van der Waals surface area contributed by atoms with Crippen LogP contribution in [-0.2, 0) is 9.47 Å². The molecule has 1 aromatic rings. The Hall–Kier alpha value is -1.75. The minimum absolute atomic E-state index is 0.0697. The SMILES string of the molecule is Nc1ncnc(N2C(=S)O[C@H]3[C@H](O)[C@@H](CO)O[C@H]32)c1N. The second kappa shape index (κ2) is 4.66. The normalized spacial score (nSPS) is 32.3. The van der Waals surface area contributed by atoms with Gasteiger partial charge in [0.15, 0.2) is 24.0 Å². The molecule has 2 aliphatic rings. The van der Waals surface area contributed by atoms with Gasteiger partial charge in [0.1, 0.15) is 24.2 Å². The number of nitrogens with two attached hydrogens (primary N) is 2. The summed E-state index contributed by atoms with van der Waals surface area (Å²) in [6.07, 6.45) is -1.93. The van der Waals surface area contributed by atoms with E-state index in [1.165, 1.54) is 11.2 Å². The van der Waals surface area contributed by atoms with Crippen LogP contribution in [0.25, 0.3) is 0 Å². The molecule has 3 heterocycles. The molecule has 10 heteroatoms. The number of aliphatic hydroxyl groups is 2. The average molecular weight is 299 g/mol. The Labute approximate surface area is 119 Å². The van der Waals surface area contributed by atoms with Crippen molar-refractivity contribution in [1.82, 2.24) is 9.97 Å². The second-order valence-corrected chi connectivity index (χ2v) is 4.80. The summed E-state index contributed by atoms with van der Waals surface area (Å²) in [7, 11) is 0. The fourth-order valence-electron chi connectivity index (χ4n) is 2.28. The number of hydrogen-bond donors (Lipinski definition) is 4. The van der Waals surface area contributed by atoms with Gasteiger partial charge in [0.25, 0.3) is 5.17 Å². The summed E-state index contributed by atoms with van der Waals surface area (Å²) in [4.78, 5) is 9.22. The summed E-state index contributed by atoms with van der Waals surface area (Å²) in [5, 5.41) is 19.2. The standard InChI is InChI=1S/C10H13N5O4S/c11-4-7(12)13-2-14-8(4)15-9-6(19-10(15)20)5(17)3(1-16)18-9/h2-3,5-6,9,16-17H,1,11H2,(H2,12,13,14)/t3-,5-,6+,9-/m1/s1. The lowest BCUT2D eigenvalue weighted by molar-refractivity contribution is -0.0212. The Morgan fingerprint density at radius 1 is 1.40 bits per heavy atom. The zero-order valence-corrected chi connectivity index (χ0v) is 11.0. The minimum Gasteiger partial charge on any atom is -0.460 e. The molecule has 0 amide bonds. The van der Waals surface area contributed by atoms with Crippen LogP contribution in [0, 0.1) is 0 Å². The molecule has 2 saturated heterocycles. The third-order valence-corrected chi connectivity index (χ3v) is 3.60. The van der Waals surface area contributed by atoms with Gasteiger partial charge in [-0.05, 0) is 12.2 Å². The fourth-order valence-corrected chi connectivity index (χ4v) is 2.58. The van der Waals surface area contributed by atoms with E-state index < -0.39 is 24.5 Å². The van der Waals surface area contributed by atoms with E-state index in [-0.39, 0.29) is 29.1 Å². The molecule has 0 spiro atoms. The van der Waals surface area contributed by atoms with Gasteiger partial charge < -0.3 is 31.2 Å². The molecule has 0 bridgehead atoms. The number of nitrogens with zero attached hydrogens (tertiary/aromatic N) is 3. The average Bonchev–Trinajstić information content (AvgIpc) is 2.90. The van der Waals surface area contributed by atoms with Crippen molar-refractivity contribution < 1.29 is 19.7 Å². The largest absolute Gasteiger partial charge is 0.460 e. The van der Waals surface area contributed by atoms with Crippen molar-refractivity contribution in [1.29, 1.82) is 0 Å². The van der Waals surface area contributed by atoms with Crippen molar-refractivity contribution in [2.24, 2.45) is 0 Å². The summed E-state index contributed by atoms with van der Waals surface area (Å²) in [6.45, 7) is -0.334. The van der Waals surface area contributed by atoms with Crippen molar-refractivity contribution in [3.05, 3.63) is 6.33 Å². The summed E-state index contributed by atoms with van der Waals surface area (Å²) >= 11 is 5.10. The second-order valence-electron chi connectivity index (χ2n) is 4.45. The van der Waals surface area contributed by atoms with E-state index in [1.54, 1.807) is 0 Å². The molecule has 2 fully saturated rings. The van der Waals surface area contributed by atoms with Crippen LogP contribution < -0.4 is 16.4 Å². The Morgan fingerprint density at radius 3 is 2.85 bits per heavy atom. The molecule has 6 N–H and O–H groups in total. The van der Waals surface area contributed by atoms with Gasteiger partial charge in [0.05, 0.1) is 6.61 Å². The van der Waals surface area contributed by atoms with Crippen molar-refractivity contribution in [2.45, 2.75) is 24.5 Å². The monoisotopic (exact) mass is 299 g/mol. The number of nitrogen functional groups attached to an aromatic ring is 2. The number of aromatic nitrogens is 2. The highest BCUT2D eigenvalue weighted by atomic mass is 32.1. The van der Waals surface area contributed by atoms with E-state index in [0.717, 1.165) is 0 Å². The molecule has 0 saturated carbocycles. The molecule has 2 aliphatic heterocycles. The van der Waals surface area contributed by atoms with E-state index in [4.69, 9.17) is 38.3 Å². The van der Waals surface area contributed by atoms with Gasteiger partial charge in [0.2, 0.25) is 0 Å². The molecule has 1 aromatic heterocycles. The first kappa shape index (κ1) is 13.2. The van der Waals surface area contributed by atoms with Crippen LogP contribution in [0.15, 0.2) is 6.33 Å².